The van der Waals surface area contributed by atoms with Crippen molar-refractivity contribution >= 4 is 10.8 Å². The summed E-state index contributed by atoms with van der Waals surface area (Å²) in [6.07, 6.45) is 1.16. The summed E-state index contributed by atoms with van der Waals surface area (Å²) >= 11 is 0. The molecule has 3 heteroatoms. The van der Waals surface area contributed by atoms with E-state index in [1.165, 1.54) is 0 Å². The second-order valence-corrected chi connectivity index (χ2v) is 4.27. The molecule has 2 heterocycles. The van der Waals surface area contributed by atoms with Crippen molar-refractivity contribution < 1.29 is 4.21 Å². The van der Waals surface area contributed by atoms with E-state index in [0.29, 0.717) is 11.3 Å². The Kier molecular flexibility index (Phi) is 0.954. The Balaban J connectivity index is 2.22. The van der Waals surface area contributed by atoms with Crippen molar-refractivity contribution in [2.24, 2.45) is 0 Å². The molecule has 0 aromatic carbocycles. The number of rotatable bonds is 0. The fourth-order valence-corrected chi connectivity index (χ4v) is 3.10. The standard InChI is InChI=1S/C5H9NOS/c7-8-3-4-1-5(8)2-6-4/h4-6H,1-3H2/t4-,5-,8?/m1/s1. The highest BCUT2D eigenvalue weighted by atomic mass is 32.2. The van der Waals surface area contributed by atoms with Crippen LogP contribution in [0.1, 0.15) is 6.42 Å². The van der Waals surface area contributed by atoms with Gasteiger partial charge in [-0.15, -0.1) is 0 Å². The van der Waals surface area contributed by atoms with Gasteiger partial charge in [-0.25, -0.2) is 0 Å². The molecule has 0 aromatic heterocycles. The Bertz CT molecular complexity index is 136. The first-order chi connectivity index (χ1) is 3.86. The fraction of sp³-hybridized carbons (Fsp3) is 1.00. The third-order valence-corrected chi connectivity index (χ3v) is 3.75. The Hall–Kier alpha value is 0.110. The lowest BCUT2D eigenvalue weighted by atomic mass is 10.3. The number of nitrogens with one attached hydrogen (secondary N) is 1. The van der Waals surface area contributed by atoms with Crippen molar-refractivity contribution in [2.45, 2.75) is 17.7 Å². The maximum Gasteiger partial charge on any atom is 0.0488 e. The molecule has 0 amide bonds. The van der Waals surface area contributed by atoms with Crippen molar-refractivity contribution in [2.75, 3.05) is 12.3 Å². The Labute approximate surface area is 51.1 Å². The molecule has 1 N–H and O–H groups in total. The highest BCUT2D eigenvalue weighted by molar-refractivity contribution is 7.86. The molecule has 0 saturated carbocycles. The van der Waals surface area contributed by atoms with Crippen LogP contribution >= 0.6 is 0 Å². The first kappa shape index (κ1) is 4.94. The predicted molar refractivity (Wildman–Crippen MR) is 33.2 cm³/mol. The number of hydrogen-bond acceptors (Lipinski definition) is 2. The van der Waals surface area contributed by atoms with Gasteiger partial charge in [-0.2, -0.15) is 0 Å². The average molecular weight is 131 g/mol. The van der Waals surface area contributed by atoms with Gasteiger partial charge in [0.25, 0.3) is 0 Å². The van der Waals surface area contributed by atoms with Gasteiger partial charge >= 0.3 is 0 Å². The highest BCUT2D eigenvalue weighted by Gasteiger charge is 2.36. The molecule has 2 rings (SSSR count). The van der Waals surface area contributed by atoms with Crippen LogP contribution in [0.5, 0.6) is 0 Å². The van der Waals surface area contributed by atoms with Crippen molar-refractivity contribution in [3.05, 3.63) is 0 Å². The summed E-state index contributed by atoms with van der Waals surface area (Å²) < 4.78 is 10.9. The van der Waals surface area contributed by atoms with Gasteiger partial charge in [0.05, 0.1) is 0 Å². The monoisotopic (exact) mass is 131 g/mol. The van der Waals surface area contributed by atoms with Crippen LogP contribution in [-0.4, -0.2) is 27.8 Å². The summed E-state index contributed by atoms with van der Waals surface area (Å²) in [4.78, 5) is 0. The topological polar surface area (TPSA) is 29.1 Å². The molecule has 2 nitrogen and oxygen atoms in total. The van der Waals surface area contributed by atoms with Crippen molar-refractivity contribution in [1.82, 2.24) is 5.32 Å². The smallest absolute Gasteiger partial charge is 0.0488 e. The van der Waals surface area contributed by atoms with Gasteiger partial charge in [0, 0.05) is 34.4 Å². The van der Waals surface area contributed by atoms with E-state index in [1.54, 1.807) is 0 Å². The summed E-state index contributed by atoms with van der Waals surface area (Å²) in [5.74, 6) is 0.907. The average Bonchev–Trinajstić information content (AvgIpc) is 2.23. The van der Waals surface area contributed by atoms with Crippen LogP contribution in [0.4, 0.5) is 0 Å². The van der Waals surface area contributed by atoms with E-state index >= 15 is 0 Å². The Morgan fingerprint density at radius 1 is 1.62 bits per heavy atom. The van der Waals surface area contributed by atoms with Crippen molar-refractivity contribution in [3.8, 4) is 0 Å². The summed E-state index contributed by atoms with van der Waals surface area (Å²) in [5, 5.41) is 3.79. The molecule has 8 heavy (non-hydrogen) atoms. The van der Waals surface area contributed by atoms with Gasteiger partial charge in [-0.3, -0.25) is 4.21 Å². The number of hydrogen-bond donors (Lipinski definition) is 1. The lowest BCUT2D eigenvalue weighted by Gasteiger charge is -2.08. The zero-order chi connectivity index (χ0) is 5.56. The minimum Gasteiger partial charge on any atom is -0.312 e. The van der Waals surface area contributed by atoms with Crippen LogP contribution in [0.15, 0.2) is 0 Å². The van der Waals surface area contributed by atoms with Crippen LogP contribution < -0.4 is 5.32 Å². The third kappa shape index (κ3) is 0.545. The third-order valence-electron chi connectivity index (χ3n) is 1.92. The molecular formula is C5H9NOS. The van der Waals surface area contributed by atoms with E-state index in [9.17, 15) is 4.21 Å². The second kappa shape index (κ2) is 1.54. The van der Waals surface area contributed by atoms with Crippen LogP contribution in [0.2, 0.25) is 0 Å². The first-order valence-electron chi connectivity index (χ1n) is 2.97. The summed E-state index contributed by atoms with van der Waals surface area (Å²) in [6.45, 7) is 0.997. The molecule has 2 fully saturated rings. The zero-order valence-electron chi connectivity index (χ0n) is 4.59. The molecule has 2 saturated heterocycles. The summed E-state index contributed by atoms with van der Waals surface area (Å²) in [6, 6.07) is 0.598. The Morgan fingerprint density at radius 3 is 2.75 bits per heavy atom. The largest absolute Gasteiger partial charge is 0.312 e. The quantitative estimate of drug-likeness (QED) is 0.479. The maximum absolute atomic E-state index is 10.9. The fourth-order valence-electron chi connectivity index (χ4n) is 1.44. The van der Waals surface area contributed by atoms with Gasteiger partial charge < -0.3 is 5.32 Å². The van der Waals surface area contributed by atoms with E-state index in [0.717, 1.165) is 18.7 Å². The molecule has 0 aliphatic carbocycles. The van der Waals surface area contributed by atoms with Gasteiger partial charge in [0.15, 0.2) is 0 Å². The van der Waals surface area contributed by atoms with Crippen LogP contribution in [0.25, 0.3) is 0 Å². The van der Waals surface area contributed by atoms with E-state index in [1.807, 2.05) is 0 Å². The lowest BCUT2D eigenvalue weighted by molar-refractivity contribution is 0.648. The molecule has 46 valence electrons. The van der Waals surface area contributed by atoms with Gasteiger partial charge in [0.2, 0.25) is 0 Å². The van der Waals surface area contributed by atoms with E-state index in [-0.39, 0.29) is 0 Å². The number of fused-ring (bicyclic) bond motifs is 2. The summed E-state index contributed by atoms with van der Waals surface area (Å²) in [5.41, 5.74) is 0. The molecule has 2 aliphatic rings. The minimum absolute atomic E-state index is 0.473. The zero-order valence-corrected chi connectivity index (χ0v) is 5.41. The van der Waals surface area contributed by atoms with Gasteiger partial charge in [0.1, 0.15) is 0 Å². The maximum atomic E-state index is 10.9. The summed E-state index contributed by atoms with van der Waals surface area (Å²) in [7, 11) is -0.473. The first-order valence-corrected chi connectivity index (χ1v) is 4.35. The molecule has 2 bridgehead atoms. The molecule has 3 atom stereocenters. The molecule has 1 unspecified atom stereocenters. The molecule has 0 spiro atoms. The normalized spacial score (nSPS) is 52.8. The van der Waals surface area contributed by atoms with Gasteiger partial charge in [-0.05, 0) is 6.42 Å². The Morgan fingerprint density at radius 2 is 2.50 bits per heavy atom. The molecule has 0 radical (unpaired) electrons. The SMILES string of the molecule is O=S1C[C@H]2C[C@@H]1CN2. The molecular weight excluding hydrogens is 122 g/mol. The molecule has 2 aliphatic heterocycles. The van der Waals surface area contributed by atoms with E-state index < -0.39 is 10.8 Å². The van der Waals surface area contributed by atoms with Crippen LogP contribution in [-0.2, 0) is 10.8 Å². The van der Waals surface area contributed by atoms with Crippen LogP contribution in [0, 0.1) is 0 Å². The molecule has 0 aromatic rings. The van der Waals surface area contributed by atoms with E-state index in [4.69, 9.17) is 0 Å². The second-order valence-electron chi connectivity index (χ2n) is 2.51. The van der Waals surface area contributed by atoms with Gasteiger partial charge in [-0.1, -0.05) is 0 Å². The minimum atomic E-state index is -0.473. The van der Waals surface area contributed by atoms with Crippen molar-refractivity contribution in [3.63, 3.8) is 0 Å². The van der Waals surface area contributed by atoms with Crippen LogP contribution in [0.3, 0.4) is 0 Å². The lowest BCUT2D eigenvalue weighted by Crippen LogP contribution is -2.32. The van der Waals surface area contributed by atoms with E-state index in [2.05, 4.69) is 5.32 Å². The predicted octanol–water partition coefficient (Wildman–Crippen LogP) is -0.521. The highest BCUT2D eigenvalue weighted by Crippen LogP contribution is 2.21. The van der Waals surface area contributed by atoms with Crippen molar-refractivity contribution in [1.29, 1.82) is 0 Å².